The normalized spacial score (nSPS) is 10.5. The fourth-order valence-corrected chi connectivity index (χ4v) is 1.54. The van der Waals surface area contributed by atoms with Gasteiger partial charge in [-0.2, -0.15) is 8.78 Å². The van der Waals surface area contributed by atoms with Gasteiger partial charge in [-0.3, -0.25) is 4.79 Å². The van der Waals surface area contributed by atoms with Gasteiger partial charge in [0.05, 0.1) is 11.8 Å². The van der Waals surface area contributed by atoms with Crippen LogP contribution >= 0.6 is 0 Å². The second-order valence-corrected chi connectivity index (χ2v) is 3.75. The Morgan fingerprint density at radius 3 is 2.47 bits per heavy atom. The Bertz CT molecular complexity index is 564. The third-order valence-electron chi connectivity index (χ3n) is 2.44. The molecule has 0 bridgehead atoms. The summed E-state index contributed by atoms with van der Waals surface area (Å²) in [6, 6.07) is 7.21. The van der Waals surface area contributed by atoms with E-state index in [-0.39, 0.29) is 11.7 Å². The molecule has 19 heavy (non-hydrogen) atoms. The Morgan fingerprint density at radius 2 is 1.95 bits per heavy atom. The van der Waals surface area contributed by atoms with Gasteiger partial charge in [-0.05, 0) is 37.3 Å². The molecule has 100 valence electrons. The lowest BCUT2D eigenvalue weighted by Gasteiger charge is -2.07. The summed E-state index contributed by atoms with van der Waals surface area (Å²) in [6.07, 6.45) is 1.42. The van der Waals surface area contributed by atoms with Crippen molar-refractivity contribution in [2.45, 2.75) is 13.5 Å². The molecule has 0 aliphatic heterocycles. The first-order chi connectivity index (χ1) is 9.06. The maximum Gasteiger partial charge on any atom is 0.387 e. The molecule has 1 aromatic heterocycles. The lowest BCUT2D eigenvalue weighted by atomic mass is 10.2. The zero-order valence-electron chi connectivity index (χ0n) is 10.0. The van der Waals surface area contributed by atoms with E-state index in [9.17, 15) is 13.6 Å². The third kappa shape index (κ3) is 3.31. The number of carbonyl (C=O) groups is 1. The molecule has 2 aromatic rings. The highest BCUT2D eigenvalue weighted by Gasteiger charge is 2.11. The number of halogens is 2. The van der Waals surface area contributed by atoms with E-state index in [2.05, 4.69) is 10.1 Å². The summed E-state index contributed by atoms with van der Waals surface area (Å²) in [5.41, 5.74) is 0.903. The standard InChI is InChI=1S/C13H11F2NO3/c1-8-11(6-7-18-8)12(17)16-9-2-4-10(5-3-9)19-13(14)15/h2-7,13H,1H3,(H,16,17). The molecule has 0 saturated carbocycles. The Balaban J connectivity index is 2.04. The monoisotopic (exact) mass is 267 g/mol. The minimum absolute atomic E-state index is 0.0347. The van der Waals surface area contributed by atoms with Crippen molar-refractivity contribution in [3.8, 4) is 5.75 Å². The van der Waals surface area contributed by atoms with Crippen LogP contribution in [0.4, 0.5) is 14.5 Å². The Hall–Kier alpha value is -2.37. The van der Waals surface area contributed by atoms with Gasteiger partial charge in [0.25, 0.3) is 5.91 Å². The van der Waals surface area contributed by atoms with Crippen LogP contribution in [0, 0.1) is 6.92 Å². The van der Waals surface area contributed by atoms with E-state index in [4.69, 9.17) is 4.42 Å². The van der Waals surface area contributed by atoms with Gasteiger partial charge in [-0.1, -0.05) is 0 Å². The lowest BCUT2D eigenvalue weighted by Crippen LogP contribution is -2.12. The molecular formula is C13H11F2NO3. The summed E-state index contributed by atoms with van der Waals surface area (Å²) in [5.74, 6) is 0.219. The van der Waals surface area contributed by atoms with Gasteiger partial charge in [-0.15, -0.1) is 0 Å². The molecule has 0 unspecified atom stereocenters. The average molecular weight is 267 g/mol. The van der Waals surface area contributed by atoms with Crippen LogP contribution < -0.4 is 10.1 Å². The van der Waals surface area contributed by atoms with Crippen molar-refractivity contribution in [2.24, 2.45) is 0 Å². The van der Waals surface area contributed by atoms with E-state index in [0.29, 0.717) is 17.0 Å². The fraction of sp³-hybridized carbons (Fsp3) is 0.154. The zero-order chi connectivity index (χ0) is 13.8. The van der Waals surface area contributed by atoms with Gasteiger partial charge < -0.3 is 14.5 Å². The van der Waals surface area contributed by atoms with Gasteiger partial charge >= 0.3 is 6.61 Å². The quantitative estimate of drug-likeness (QED) is 0.923. The topological polar surface area (TPSA) is 51.5 Å². The third-order valence-corrected chi connectivity index (χ3v) is 2.44. The number of aryl methyl sites for hydroxylation is 1. The lowest BCUT2D eigenvalue weighted by molar-refractivity contribution is -0.0498. The van der Waals surface area contributed by atoms with E-state index >= 15 is 0 Å². The average Bonchev–Trinajstić information content (AvgIpc) is 2.77. The van der Waals surface area contributed by atoms with Crippen molar-refractivity contribution in [2.75, 3.05) is 5.32 Å². The largest absolute Gasteiger partial charge is 0.469 e. The smallest absolute Gasteiger partial charge is 0.387 e. The first kappa shape index (κ1) is 13.1. The Kier molecular flexibility index (Phi) is 3.79. The van der Waals surface area contributed by atoms with Gasteiger partial charge in [0.15, 0.2) is 0 Å². The molecule has 0 fully saturated rings. The van der Waals surface area contributed by atoms with Gasteiger partial charge in [0.2, 0.25) is 0 Å². The van der Waals surface area contributed by atoms with Crippen molar-refractivity contribution in [3.63, 3.8) is 0 Å². The van der Waals surface area contributed by atoms with E-state index in [1.165, 1.54) is 30.5 Å². The predicted octanol–water partition coefficient (Wildman–Crippen LogP) is 3.44. The first-order valence-electron chi connectivity index (χ1n) is 5.46. The number of rotatable bonds is 4. The van der Waals surface area contributed by atoms with Crippen molar-refractivity contribution in [3.05, 3.63) is 47.9 Å². The highest BCUT2D eigenvalue weighted by molar-refractivity contribution is 6.04. The van der Waals surface area contributed by atoms with Crippen molar-refractivity contribution >= 4 is 11.6 Å². The maximum absolute atomic E-state index is 12.0. The summed E-state index contributed by atoms with van der Waals surface area (Å²) in [5, 5.41) is 2.62. The van der Waals surface area contributed by atoms with E-state index in [1.807, 2.05) is 0 Å². The number of anilines is 1. The number of benzene rings is 1. The second-order valence-electron chi connectivity index (χ2n) is 3.75. The van der Waals surface area contributed by atoms with Gasteiger partial charge in [0, 0.05) is 5.69 Å². The number of alkyl halides is 2. The summed E-state index contributed by atoms with van der Waals surface area (Å²) in [4.78, 5) is 11.8. The van der Waals surface area contributed by atoms with E-state index < -0.39 is 6.61 Å². The molecule has 0 saturated heterocycles. The summed E-state index contributed by atoms with van der Waals surface area (Å²) < 4.78 is 33.1. The van der Waals surface area contributed by atoms with Crippen LogP contribution in [-0.4, -0.2) is 12.5 Å². The fourth-order valence-electron chi connectivity index (χ4n) is 1.54. The molecular weight excluding hydrogens is 256 g/mol. The van der Waals surface area contributed by atoms with Crippen LogP contribution in [0.15, 0.2) is 41.0 Å². The predicted molar refractivity (Wildman–Crippen MR) is 64.5 cm³/mol. The molecule has 1 heterocycles. The number of amides is 1. The number of hydrogen-bond donors (Lipinski definition) is 1. The summed E-state index contributed by atoms with van der Waals surface area (Å²) in [6.45, 7) is -1.19. The van der Waals surface area contributed by atoms with Crippen LogP contribution in [0.1, 0.15) is 16.1 Å². The number of nitrogens with one attached hydrogen (secondary N) is 1. The highest BCUT2D eigenvalue weighted by Crippen LogP contribution is 2.19. The number of furan rings is 1. The SMILES string of the molecule is Cc1occc1C(=O)Nc1ccc(OC(F)F)cc1. The molecule has 4 nitrogen and oxygen atoms in total. The second kappa shape index (κ2) is 5.51. The molecule has 2 rings (SSSR count). The van der Waals surface area contributed by atoms with Crippen molar-refractivity contribution < 1.29 is 22.7 Å². The van der Waals surface area contributed by atoms with E-state index in [0.717, 1.165) is 0 Å². The maximum atomic E-state index is 12.0. The number of carbonyl (C=O) groups excluding carboxylic acids is 1. The first-order valence-corrected chi connectivity index (χ1v) is 5.46. The molecule has 0 spiro atoms. The molecule has 1 N–H and O–H groups in total. The molecule has 1 aromatic carbocycles. The Morgan fingerprint density at radius 1 is 1.26 bits per heavy atom. The van der Waals surface area contributed by atoms with Crippen LogP contribution in [0.3, 0.4) is 0 Å². The summed E-state index contributed by atoms with van der Waals surface area (Å²) >= 11 is 0. The van der Waals surface area contributed by atoms with Crippen LogP contribution in [0.5, 0.6) is 5.75 Å². The number of ether oxygens (including phenoxy) is 1. The molecule has 0 aliphatic rings. The zero-order valence-corrected chi connectivity index (χ0v) is 10.0. The highest BCUT2D eigenvalue weighted by atomic mass is 19.3. The molecule has 6 heteroatoms. The molecule has 0 aliphatic carbocycles. The minimum atomic E-state index is -2.87. The van der Waals surface area contributed by atoms with E-state index in [1.54, 1.807) is 13.0 Å². The van der Waals surface area contributed by atoms with Crippen LogP contribution in [0.2, 0.25) is 0 Å². The van der Waals surface area contributed by atoms with Crippen LogP contribution in [0.25, 0.3) is 0 Å². The minimum Gasteiger partial charge on any atom is -0.469 e. The summed E-state index contributed by atoms with van der Waals surface area (Å²) in [7, 11) is 0. The van der Waals surface area contributed by atoms with Gasteiger partial charge in [-0.25, -0.2) is 0 Å². The van der Waals surface area contributed by atoms with Crippen molar-refractivity contribution in [1.82, 2.24) is 0 Å². The Labute approximate surface area is 108 Å². The molecule has 0 atom stereocenters. The molecule has 1 amide bonds. The van der Waals surface area contributed by atoms with Crippen LogP contribution in [-0.2, 0) is 0 Å². The molecule has 0 radical (unpaired) electrons. The number of hydrogen-bond acceptors (Lipinski definition) is 3. The van der Waals surface area contributed by atoms with Gasteiger partial charge in [0.1, 0.15) is 11.5 Å². The van der Waals surface area contributed by atoms with Crippen molar-refractivity contribution in [1.29, 1.82) is 0 Å².